The molecule has 4 heteroatoms. The van der Waals surface area contributed by atoms with Crippen LogP contribution in [0, 0.1) is 11.3 Å². The second-order valence-electron chi connectivity index (χ2n) is 0.862. The first kappa shape index (κ1) is 10.1. The van der Waals surface area contributed by atoms with Crippen molar-refractivity contribution in [3.8, 4) is 6.07 Å². The van der Waals surface area contributed by atoms with Crippen LogP contribution >= 0.6 is 0 Å². The Hall–Kier alpha value is -0.920. The summed E-state index contributed by atoms with van der Waals surface area (Å²) in [6, 6.07) is 1.93. The quantitative estimate of drug-likeness (QED) is 0.280. The Bertz CT molecular complexity index is 68.2. The molecule has 0 aromatic rings. The highest BCUT2D eigenvalue weighted by Crippen LogP contribution is 1.62. The van der Waals surface area contributed by atoms with Crippen LogP contribution in [0.5, 0.6) is 0 Å². The molecule has 0 radical (unpaired) electrons. The predicted octanol–water partition coefficient (Wildman–Crippen LogP) is -0.822. The van der Waals surface area contributed by atoms with Gasteiger partial charge in [0.05, 0.1) is 6.07 Å². The molecule has 4 nitrogen and oxygen atoms in total. The van der Waals surface area contributed by atoms with Crippen molar-refractivity contribution in [3.05, 3.63) is 0 Å². The minimum atomic E-state index is 0.483. The third-order valence-electron chi connectivity index (χ3n) is 0.381. The minimum Gasteiger partial charge on any atom is -0.307 e. The SMILES string of the molecule is C=O.N#CCCNN. The summed E-state index contributed by atoms with van der Waals surface area (Å²) in [5.74, 6) is 4.81. The van der Waals surface area contributed by atoms with Crippen molar-refractivity contribution in [2.75, 3.05) is 6.54 Å². The molecule has 46 valence electrons. The van der Waals surface area contributed by atoms with E-state index in [2.05, 4.69) is 5.43 Å². The molecule has 0 unspecified atom stereocenters. The number of nitrogens with zero attached hydrogens (tertiary/aromatic N) is 1. The van der Waals surface area contributed by atoms with E-state index in [1.54, 1.807) is 0 Å². The van der Waals surface area contributed by atoms with Crippen molar-refractivity contribution in [2.45, 2.75) is 6.42 Å². The number of nitrogens with two attached hydrogens (primary N) is 1. The molecule has 0 aromatic heterocycles. The van der Waals surface area contributed by atoms with Crippen molar-refractivity contribution in [1.29, 1.82) is 5.26 Å². The van der Waals surface area contributed by atoms with Gasteiger partial charge < -0.3 is 4.79 Å². The first-order chi connectivity index (χ1) is 3.91. The standard InChI is InChI=1S/C3H7N3.CH2O/c4-2-1-3-6-5;1-2/h6H,1,3,5H2;1H2. The van der Waals surface area contributed by atoms with E-state index in [1.807, 2.05) is 12.9 Å². The normalized spacial score (nSPS) is 6.00. The number of hydrogen-bond donors (Lipinski definition) is 2. The molecule has 0 saturated heterocycles. The maximum Gasteiger partial charge on any atom is 0.106 e. The van der Waals surface area contributed by atoms with E-state index < -0.39 is 0 Å². The van der Waals surface area contributed by atoms with Gasteiger partial charge in [-0.3, -0.25) is 11.3 Å². The number of carbonyl (C=O) groups is 1. The molecule has 0 heterocycles. The molecular weight excluding hydrogens is 106 g/mol. The van der Waals surface area contributed by atoms with Gasteiger partial charge in [0.1, 0.15) is 6.79 Å². The Balaban J connectivity index is 0. The molecule has 0 aliphatic carbocycles. The van der Waals surface area contributed by atoms with Gasteiger partial charge in [-0.2, -0.15) is 5.26 Å². The maximum absolute atomic E-state index is 8.00. The van der Waals surface area contributed by atoms with E-state index in [1.165, 1.54) is 0 Å². The molecule has 8 heavy (non-hydrogen) atoms. The lowest BCUT2D eigenvalue weighted by Crippen LogP contribution is -2.22. The smallest absolute Gasteiger partial charge is 0.106 e. The van der Waals surface area contributed by atoms with Gasteiger partial charge in [0.15, 0.2) is 0 Å². The van der Waals surface area contributed by atoms with Crippen LogP contribution in [-0.4, -0.2) is 13.3 Å². The van der Waals surface area contributed by atoms with Crippen LogP contribution in [-0.2, 0) is 4.79 Å². The van der Waals surface area contributed by atoms with E-state index in [0.29, 0.717) is 13.0 Å². The zero-order valence-electron chi connectivity index (χ0n) is 4.55. The average Bonchev–Trinajstić information content (AvgIpc) is 1.88. The van der Waals surface area contributed by atoms with E-state index >= 15 is 0 Å². The predicted molar refractivity (Wildman–Crippen MR) is 29.5 cm³/mol. The second kappa shape index (κ2) is 16.5. The summed E-state index contributed by atoms with van der Waals surface area (Å²) in [4.78, 5) is 8.00. The summed E-state index contributed by atoms with van der Waals surface area (Å²) in [5, 5.41) is 7.85. The third kappa shape index (κ3) is 19.5. The number of rotatable bonds is 2. The summed E-state index contributed by atoms with van der Waals surface area (Å²) in [7, 11) is 0. The number of hydrazine groups is 1. The molecule has 0 aromatic carbocycles. The van der Waals surface area contributed by atoms with Gasteiger partial charge in [-0.15, -0.1) is 0 Å². The van der Waals surface area contributed by atoms with Gasteiger partial charge >= 0.3 is 0 Å². The zero-order chi connectivity index (χ0) is 6.83. The monoisotopic (exact) mass is 115 g/mol. The lowest BCUT2D eigenvalue weighted by Gasteiger charge is -1.83. The Kier molecular flexibility index (Phi) is 21.0. The van der Waals surface area contributed by atoms with E-state index in [-0.39, 0.29) is 0 Å². The fourth-order valence-corrected chi connectivity index (χ4v) is 0.128. The van der Waals surface area contributed by atoms with E-state index in [4.69, 9.17) is 15.9 Å². The molecule has 0 fully saturated rings. The van der Waals surface area contributed by atoms with Gasteiger partial charge in [-0.1, -0.05) is 0 Å². The van der Waals surface area contributed by atoms with Crippen LogP contribution in [0.3, 0.4) is 0 Å². The number of nitriles is 1. The molecular formula is C4H9N3O. The topological polar surface area (TPSA) is 78.9 Å². The van der Waals surface area contributed by atoms with Crippen molar-refractivity contribution in [3.63, 3.8) is 0 Å². The van der Waals surface area contributed by atoms with Gasteiger partial charge in [0, 0.05) is 13.0 Å². The first-order valence-corrected chi connectivity index (χ1v) is 2.01. The second-order valence-corrected chi connectivity index (χ2v) is 0.862. The van der Waals surface area contributed by atoms with Crippen molar-refractivity contribution in [1.82, 2.24) is 5.43 Å². The third-order valence-corrected chi connectivity index (χ3v) is 0.381. The molecule has 0 rings (SSSR count). The average molecular weight is 115 g/mol. The Morgan fingerprint density at radius 2 is 2.25 bits per heavy atom. The minimum absolute atomic E-state index is 0.483. The van der Waals surface area contributed by atoms with Gasteiger partial charge in [0.2, 0.25) is 0 Å². The van der Waals surface area contributed by atoms with Crippen molar-refractivity contribution >= 4 is 6.79 Å². The molecule has 0 spiro atoms. The van der Waals surface area contributed by atoms with E-state index in [9.17, 15) is 0 Å². The largest absolute Gasteiger partial charge is 0.307 e. The summed E-state index contributed by atoms with van der Waals surface area (Å²) in [5.41, 5.74) is 2.35. The lowest BCUT2D eigenvalue weighted by molar-refractivity contribution is -0.0979. The number of nitrogens with one attached hydrogen (secondary N) is 1. The Morgan fingerprint density at radius 1 is 1.75 bits per heavy atom. The molecule has 0 bridgehead atoms. The van der Waals surface area contributed by atoms with Gasteiger partial charge in [-0.25, -0.2) is 0 Å². The molecule has 0 atom stereocenters. The first-order valence-electron chi connectivity index (χ1n) is 2.01. The van der Waals surface area contributed by atoms with Crippen LogP contribution in [0.25, 0.3) is 0 Å². The van der Waals surface area contributed by atoms with Crippen LogP contribution in [0.1, 0.15) is 6.42 Å². The molecule has 0 aliphatic rings. The molecule has 3 N–H and O–H groups in total. The number of hydrogen-bond acceptors (Lipinski definition) is 4. The maximum atomic E-state index is 8.00. The summed E-state index contributed by atoms with van der Waals surface area (Å²) in [6.07, 6.45) is 0.483. The summed E-state index contributed by atoms with van der Waals surface area (Å²) < 4.78 is 0. The fourth-order valence-electron chi connectivity index (χ4n) is 0.128. The van der Waals surface area contributed by atoms with Gasteiger partial charge in [-0.05, 0) is 0 Å². The van der Waals surface area contributed by atoms with Crippen LogP contribution in [0.15, 0.2) is 0 Å². The summed E-state index contributed by atoms with van der Waals surface area (Å²) >= 11 is 0. The molecule has 0 amide bonds. The molecule has 0 saturated carbocycles. The van der Waals surface area contributed by atoms with Crippen LogP contribution in [0.4, 0.5) is 0 Å². The Morgan fingerprint density at radius 3 is 2.38 bits per heavy atom. The highest BCUT2D eigenvalue weighted by atomic mass is 16.1. The van der Waals surface area contributed by atoms with Crippen LogP contribution in [0.2, 0.25) is 0 Å². The van der Waals surface area contributed by atoms with Crippen molar-refractivity contribution in [2.24, 2.45) is 5.84 Å². The zero-order valence-corrected chi connectivity index (χ0v) is 4.55. The molecule has 0 aliphatic heterocycles. The van der Waals surface area contributed by atoms with E-state index in [0.717, 1.165) is 0 Å². The van der Waals surface area contributed by atoms with Gasteiger partial charge in [0.25, 0.3) is 0 Å². The fraction of sp³-hybridized carbons (Fsp3) is 0.500. The highest BCUT2D eigenvalue weighted by Gasteiger charge is 1.72. The van der Waals surface area contributed by atoms with Crippen LogP contribution < -0.4 is 11.3 Å². The lowest BCUT2D eigenvalue weighted by atomic mass is 10.5. The van der Waals surface area contributed by atoms with Crippen molar-refractivity contribution < 1.29 is 4.79 Å². The highest BCUT2D eigenvalue weighted by molar-refractivity contribution is 5.10. The number of carbonyl (C=O) groups excluding carboxylic acids is 1. The Labute approximate surface area is 48.3 Å². The summed E-state index contributed by atoms with van der Waals surface area (Å²) in [6.45, 7) is 2.58.